The third-order valence-corrected chi connectivity index (χ3v) is 3.23. The van der Waals surface area contributed by atoms with Crippen molar-refractivity contribution in [3.05, 3.63) is 17.7 Å². The van der Waals surface area contributed by atoms with Crippen molar-refractivity contribution in [1.29, 1.82) is 0 Å². The SMILES string of the molecule is CC(=O)CC(=O)Nc1cc(S(=O)(=O)O)c(N)cc1C. The van der Waals surface area contributed by atoms with Gasteiger partial charge in [0.2, 0.25) is 5.91 Å². The summed E-state index contributed by atoms with van der Waals surface area (Å²) in [6.07, 6.45) is -0.314. The molecule has 8 heteroatoms. The number of carbonyl (C=O) groups is 2. The van der Waals surface area contributed by atoms with E-state index >= 15 is 0 Å². The van der Waals surface area contributed by atoms with Gasteiger partial charge in [-0.25, -0.2) is 0 Å². The molecule has 19 heavy (non-hydrogen) atoms. The Balaban J connectivity index is 3.16. The van der Waals surface area contributed by atoms with Crippen molar-refractivity contribution in [3.63, 3.8) is 0 Å². The zero-order chi connectivity index (χ0) is 14.8. The van der Waals surface area contributed by atoms with Crippen LogP contribution in [0.15, 0.2) is 17.0 Å². The van der Waals surface area contributed by atoms with Gasteiger partial charge in [-0.2, -0.15) is 8.42 Å². The average Bonchev–Trinajstić information content (AvgIpc) is 2.18. The maximum Gasteiger partial charge on any atom is 0.296 e. The number of carbonyl (C=O) groups excluding carboxylic acids is 2. The normalized spacial score (nSPS) is 11.1. The highest BCUT2D eigenvalue weighted by molar-refractivity contribution is 7.86. The number of ketones is 1. The molecule has 0 bridgehead atoms. The number of hydrogen-bond donors (Lipinski definition) is 3. The van der Waals surface area contributed by atoms with E-state index in [-0.39, 0.29) is 23.6 Å². The third-order valence-electron chi connectivity index (χ3n) is 2.32. The van der Waals surface area contributed by atoms with Crippen molar-refractivity contribution in [1.82, 2.24) is 0 Å². The molecule has 0 fully saturated rings. The molecule has 0 spiro atoms. The fourth-order valence-corrected chi connectivity index (χ4v) is 2.11. The van der Waals surface area contributed by atoms with Crippen LogP contribution in [0, 0.1) is 6.92 Å². The topological polar surface area (TPSA) is 127 Å². The summed E-state index contributed by atoms with van der Waals surface area (Å²) in [7, 11) is -4.47. The van der Waals surface area contributed by atoms with E-state index in [1.165, 1.54) is 13.0 Å². The molecule has 0 heterocycles. The summed E-state index contributed by atoms with van der Waals surface area (Å²) in [6.45, 7) is 2.87. The van der Waals surface area contributed by atoms with Crippen LogP contribution in [0.1, 0.15) is 18.9 Å². The largest absolute Gasteiger partial charge is 0.398 e. The Morgan fingerprint density at radius 3 is 2.42 bits per heavy atom. The van der Waals surface area contributed by atoms with E-state index in [9.17, 15) is 18.0 Å². The molecule has 0 atom stereocenters. The van der Waals surface area contributed by atoms with Gasteiger partial charge in [0, 0.05) is 5.69 Å². The highest BCUT2D eigenvalue weighted by Gasteiger charge is 2.17. The first kappa shape index (κ1) is 15.1. The zero-order valence-electron chi connectivity index (χ0n) is 10.4. The van der Waals surface area contributed by atoms with Gasteiger partial charge in [0.15, 0.2) is 0 Å². The van der Waals surface area contributed by atoms with Gasteiger partial charge in [-0.1, -0.05) is 0 Å². The van der Waals surface area contributed by atoms with E-state index in [1.54, 1.807) is 6.92 Å². The van der Waals surface area contributed by atoms with E-state index in [0.29, 0.717) is 5.56 Å². The third kappa shape index (κ3) is 4.04. The molecule has 1 aromatic rings. The van der Waals surface area contributed by atoms with Crippen LogP contribution in [-0.2, 0) is 19.7 Å². The summed E-state index contributed by atoms with van der Waals surface area (Å²) in [5.74, 6) is -0.887. The molecule has 104 valence electrons. The predicted molar refractivity (Wildman–Crippen MR) is 69.3 cm³/mol. The van der Waals surface area contributed by atoms with Crippen LogP contribution in [0.4, 0.5) is 11.4 Å². The maximum atomic E-state index is 11.4. The summed E-state index contributed by atoms with van der Waals surface area (Å²) in [6, 6.07) is 2.37. The van der Waals surface area contributed by atoms with Crippen molar-refractivity contribution in [2.45, 2.75) is 25.2 Å². The van der Waals surface area contributed by atoms with Crippen LogP contribution in [0.25, 0.3) is 0 Å². The summed E-state index contributed by atoms with van der Waals surface area (Å²) < 4.78 is 31.2. The van der Waals surface area contributed by atoms with Crippen LogP contribution < -0.4 is 11.1 Å². The molecule has 1 rings (SSSR count). The number of aryl methyl sites for hydroxylation is 1. The lowest BCUT2D eigenvalue weighted by Gasteiger charge is -2.11. The fraction of sp³-hybridized carbons (Fsp3) is 0.273. The Morgan fingerprint density at radius 2 is 1.95 bits per heavy atom. The van der Waals surface area contributed by atoms with Crippen LogP contribution in [-0.4, -0.2) is 24.7 Å². The minimum absolute atomic E-state index is 0.121. The summed E-state index contributed by atoms with van der Waals surface area (Å²) in [5, 5.41) is 2.39. The van der Waals surface area contributed by atoms with Gasteiger partial charge < -0.3 is 11.1 Å². The summed E-state index contributed by atoms with van der Waals surface area (Å²) >= 11 is 0. The summed E-state index contributed by atoms with van der Waals surface area (Å²) in [5.41, 5.74) is 6.05. The molecule has 1 amide bonds. The lowest BCUT2D eigenvalue weighted by Crippen LogP contribution is -2.16. The standard InChI is InChI=1S/C11H14N2O5S/c1-6-3-8(12)10(19(16,17)18)5-9(6)13-11(15)4-7(2)14/h3,5H,4,12H2,1-2H3,(H,13,15)(H,16,17,18). The smallest absolute Gasteiger partial charge is 0.296 e. The van der Waals surface area contributed by atoms with Gasteiger partial charge in [-0.3, -0.25) is 14.1 Å². The number of anilines is 2. The number of benzene rings is 1. The van der Waals surface area contributed by atoms with Crippen molar-refractivity contribution in [2.24, 2.45) is 0 Å². The Hall–Kier alpha value is -1.93. The maximum absolute atomic E-state index is 11.4. The minimum atomic E-state index is -4.47. The second-order valence-electron chi connectivity index (χ2n) is 4.11. The van der Waals surface area contributed by atoms with Crippen molar-refractivity contribution in [3.8, 4) is 0 Å². The molecule has 4 N–H and O–H groups in total. The van der Waals surface area contributed by atoms with E-state index in [2.05, 4.69) is 5.32 Å². The zero-order valence-corrected chi connectivity index (χ0v) is 11.2. The van der Waals surface area contributed by atoms with E-state index < -0.39 is 20.9 Å². The molecule has 0 radical (unpaired) electrons. The van der Waals surface area contributed by atoms with Crippen molar-refractivity contribution in [2.75, 3.05) is 11.1 Å². The number of nitrogens with two attached hydrogens (primary N) is 1. The van der Waals surface area contributed by atoms with E-state index in [1.807, 2.05) is 0 Å². The number of nitrogens with one attached hydrogen (secondary N) is 1. The van der Waals surface area contributed by atoms with Gasteiger partial charge in [0.1, 0.15) is 10.7 Å². The van der Waals surface area contributed by atoms with E-state index in [4.69, 9.17) is 10.3 Å². The Morgan fingerprint density at radius 1 is 1.37 bits per heavy atom. The Labute approximate surface area is 110 Å². The molecule has 0 unspecified atom stereocenters. The highest BCUT2D eigenvalue weighted by atomic mass is 32.2. The number of rotatable bonds is 4. The Kier molecular flexibility index (Phi) is 4.28. The number of Topliss-reactive ketones (excluding diaryl/α,β-unsaturated/α-hetero) is 1. The average molecular weight is 286 g/mol. The van der Waals surface area contributed by atoms with Crippen molar-refractivity contribution >= 4 is 33.2 Å². The predicted octanol–water partition coefficient (Wildman–Crippen LogP) is 0.742. The van der Waals surface area contributed by atoms with Crippen LogP contribution in [0.3, 0.4) is 0 Å². The second kappa shape index (κ2) is 5.37. The first-order chi connectivity index (χ1) is 8.61. The number of nitrogen functional groups attached to an aromatic ring is 1. The van der Waals surface area contributed by atoms with Gasteiger partial charge in [-0.15, -0.1) is 0 Å². The van der Waals surface area contributed by atoms with E-state index in [0.717, 1.165) is 6.07 Å². The molecule has 0 aliphatic rings. The molecule has 7 nitrogen and oxygen atoms in total. The second-order valence-corrected chi connectivity index (χ2v) is 5.50. The van der Waals surface area contributed by atoms with Gasteiger partial charge in [-0.05, 0) is 31.5 Å². The first-order valence-corrected chi connectivity index (χ1v) is 6.72. The van der Waals surface area contributed by atoms with Crippen molar-refractivity contribution < 1.29 is 22.6 Å². The molecule has 0 aliphatic carbocycles. The lowest BCUT2D eigenvalue weighted by atomic mass is 10.1. The quantitative estimate of drug-likeness (QED) is 0.425. The Bertz CT molecular complexity index is 637. The van der Waals surface area contributed by atoms with Crippen LogP contribution >= 0.6 is 0 Å². The molecule has 0 saturated heterocycles. The number of amides is 1. The summed E-state index contributed by atoms with van der Waals surface area (Å²) in [4.78, 5) is 21.7. The lowest BCUT2D eigenvalue weighted by molar-refractivity contribution is -0.124. The molecule has 1 aromatic carbocycles. The monoisotopic (exact) mass is 286 g/mol. The molecule has 0 aliphatic heterocycles. The molecule has 0 saturated carbocycles. The molecular formula is C11H14N2O5S. The highest BCUT2D eigenvalue weighted by Crippen LogP contribution is 2.26. The molecule has 0 aromatic heterocycles. The minimum Gasteiger partial charge on any atom is -0.398 e. The molecular weight excluding hydrogens is 272 g/mol. The van der Waals surface area contributed by atoms with Crippen LogP contribution in [0.5, 0.6) is 0 Å². The van der Waals surface area contributed by atoms with Gasteiger partial charge >= 0.3 is 0 Å². The first-order valence-electron chi connectivity index (χ1n) is 5.28. The van der Waals surface area contributed by atoms with Gasteiger partial charge in [0.25, 0.3) is 10.1 Å². The number of hydrogen-bond acceptors (Lipinski definition) is 5. The van der Waals surface area contributed by atoms with Gasteiger partial charge in [0.05, 0.1) is 12.1 Å². The van der Waals surface area contributed by atoms with Crippen LogP contribution in [0.2, 0.25) is 0 Å². The fourth-order valence-electron chi connectivity index (χ4n) is 1.49.